The summed E-state index contributed by atoms with van der Waals surface area (Å²) < 4.78 is 14.3. The molecular formula is C26H38FN5O. The van der Waals surface area contributed by atoms with Crippen molar-refractivity contribution < 1.29 is 9.18 Å². The molecule has 0 radical (unpaired) electrons. The molecular weight excluding hydrogens is 417 g/mol. The number of guanidine groups is 1. The minimum atomic E-state index is -0.507. The number of aliphatic imine (C=N–C) groups is 1. The van der Waals surface area contributed by atoms with Gasteiger partial charge in [0, 0.05) is 30.9 Å². The molecule has 6 nitrogen and oxygen atoms in total. The molecule has 1 amide bonds. The lowest BCUT2D eigenvalue weighted by atomic mass is 9.87. The second-order valence-electron chi connectivity index (χ2n) is 10.00. The number of fused-ring (bicyclic) bond motifs is 1. The monoisotopic (exact) mass is 455 g/mol. The molecule has 1 atom stereocenters. The van der Waals surface area contributed by atoms with Crippen LogP contribution in [0.4, 0.5) is 10.1 Å². The molecule has 3 N–H and O–H groups in total. The maximum absolute atomic E-state index is 14.3. The lowest BCUT2D eigenvalue weighted by Gasteiger charge is -2.33. The van der Waals surface area contributed by atoms with E-state index in [1.54, 1.807) is 18.2 Å². The summed E-state index contributed by atoms with van der Waals surface area (Å²) in [6.07, 6.45) is 5.33. The maximum atomic E-state index is 14.3. The minimum absolute atomic E-state index is 0.0567. The topological polar surface area (TPSA) is 74.0 Å². The number of nitrogens with one attached hydrogen (secondary N) is 1. The van der Waals surface area contributed by atoms with Gasteiger partial charge in [0.25, 0.3) is 5.91 Å². The van der Waals surface area contributed by atoms with E-state index in [1.807, 2.05) is 17.1 Å². The summed E-state index contributed by atoms with van der Waals surface area (Å²) in [6, 6.07) is 6.57. The SMILES string of the molecule is CC(C)CN(CC(C)C)C(=O)C1=CCC2(C)N=C(Nc3ccccc3F)N(CCCN)C2=C1. The van der Waals surface area contributed by atoms with Crippen molar-refractivity contribution in [3.8, 4) is 0 Å². The number of benzene rings is 1. The first-order chi connectivity index (χ1) is 15.6. The third-order valence-electron chi connectivity index (χ3n) is 5.87. The molecule has 1 aromatic carbocycles. The molecule has 0 spiro atoms. The standard InChI is InChI=1S/C26H38FN5O/c1-18(2)16-31(17-19(3)4)24(33)20-11-12-26(5)23(15-20)32(14-8-13-28)25(30-26)29-22-10-7-6-9-21(22)27/h6-7,9-11,15,18-19H,8,12-14,16-17,28H2,1-5H3,(H,29,30). The number of anilines is 1. The van der Waals surface area contributed by atoms with E-state index in [0.29, 0.717) is 48.6 Å². The zero-order valence-electron chi connectivity index (χ0n) is 20.6. The fraction of sp³-hybridized carbons (Fsp3) is 0.538. The maximum Gasteiger partial charge on any atom is 0.253 e. The van der Waals surface area contributed by atoms with E-state index in [4.69, 9.17) is 10.7 Å². The number of hydrogen-bond acceptors (Lipinski definition) is 5. The van der Waals surface area contributed by atoms with Crippen LogP contribution >= 0.6 is 0 Å². The van der Waals surface area contributed by atoms with Gasteiger partial charge in [-0.2, -0.15) is 0 Å². The fourth-order valence-corrected chi connectivity index (χ4v) is 4.36. The van der Waals surface area contributed by atoms with Crippen LogP contribution in [0.1, 0.15) is 47.5 Å². The van der Waals surface area contributed by atoms with E-state index >= 15 is 0 Å². The average Bonchev–Trinajstić information content (AvgIpc) is 3.02. The number of halogens is 1. The molecule has 1 aromatic rings. The lowest BCUT2D eigenvalue weighted by molar-refractivity contribution is -0.127. The number of carbonyl (C=O) groups excluding carboxylic acids is 1. The normalized spacial score (nSPS) is 19.9. The van der Waals surface area contributed by atoms with Gasteiger partial charge in [0.2, 0.25) is 5.96 Å². The first-order valence-corrected chi connectivity index (χ1v) is 11.9. The van der Waals surface area contributed by atoms with Crippen LogP contribution in [-0.4, -0.2) is 53.4 Å². The van der Waals surface area contributed by atoms with Crippen LogP contribution in [0.3, 0.4) is 0 Å². The fourth-order valence-electron chi connectivity index (χ4n) is 4.36. The quantitative estimate of drug-likeness (QED) is 0.580. The van der Waals surface area contributed by atoms with Crippen molar-refractivity contribution in [2.45, 2.75) is 53.0 Å². The highest BCUT2D eigenvalue weighted by molar-refractivity contribution is 6.00. The molecule has 1 unspecified atom stereocenters. The van der Waals surface area contributed by atoms with Gasteiger partial charge in [-0.3, -0.25) is 4.79 Å². The van der Waals surface area contributed by atoms with Crippen molar-refractivity contribution >= 4 is 17.6 Å². The highest BCUT2D eigenvalue weighted by Crippen LogP contribution is 2.40. The molecule has 1 aliphatic heterocycles. The Hall–Kier alpha value is -2.67. The van der Waals surface area contributed by atoms with Gasteiger partial charge >= 0.3 is 0 Å². The summed E-state index contributed by atoms with van der Waals surface area (Å²) in [5, 5.41) is 3.17. The Morgan fingerprint density at radius 1 is 1.24 bits per heavy atom. The van der Waals surface area contributed by atoms with Gasteiger partial charge < -0.3 is 20.9 Å². The Balaban J connectivity index is 1.90. The van der Waals surface area contributed by atoms with Gasteiger partial charge in [0.1, 0.15) is 11.4 Å². The number of hydrogen-bond donors (Lipinski definition) is 2. The molecule has 180 valence electrons. The molecule has 0 saturated carbocycles. The Morgan fingerprint density at radius 2 is 1.91 bits per heavy atom. The van der Waals surface area contributed by atoms with Crippen molar-refractivity contribution in [1.82, 2.24) is 9.80 Å². The summed E-state index contributed by atoms with van der Waals surface area (Å²) in [5.74, 6) is 1.09. The van der Waals surface area contributed by atoms with Crippen molar-refractivity contribution in [2.75, 3.05) is 31.5 Å². The number of amides is 1. The second-order valence-corrected chi connectivity index (χ2v) is 10.00. The Morgan fingerprint density at radius 3 is 2.52 bits per heavy atom. The van der Waals surface area contributed by atoms with Crippen LogP contribution in [0.25, 0.3) is 0 Å². The number of rotatable bonds is 9. The van der Waals surface area contributed by atoms with E-state index in [9.17, 15) is 9.18 Å². The Kier molecular flexibility index (Phi) is 7.95. The molecule has 3 rings (SSSR count). The molecule has 1 heterocycles. The third-order valence-corrected chi connectivity index (χ3v) is 5.87. The number of para-hydroxylation sites is 1. The molecule has 33 heavy (non-hydrogen) atoms. The van der Waals surface area contributed by atoms with Gasteiger partial charge in [-0.25, -0.2) is 9.38 Å². The Labute approximate surface area is 197 Å². The Bertz CT molecular complexity index is 942. The summed E-state index contributed by atoms with van der Waals surface area (Å²) in [6.45, 7) is 13.2. The zero-order chi connectivity index (χ0) is 24.2. The van der Waals surface area contributed by atoms with Crippen LogP contribution in [0.15, 0.2) is 52.7 Å². The van der Waals surface area contributed by atoms with E-state index in [1.165, 1.54) is 6.07 Å². The van der Waals surface area contributed by atoms with Gasteiger partial charge in [0.05, 0.1) is 5.69 Å². The third kappa shape index (κ3) is 5.82. The second kappa shape index (κ2) is 10.5. The van der Waals surface area contributed by atoms with Crippen molar-refractivity contribution in [1.29, 1.82) is 0 Å². The van der Waals surface area contributed by atoms with Gasteiger partial charge in [-0.05, 0) is 56.4 Å². The highest BCUT2D eigenvalue weighted by Gasteiger charge is 2.42. The smallest absolute Gasteiger partial charge is 0.253 e. The van der Waals surface area contributed by atoms with Crippen molar-refractivity contribution in [3.05, 3.63) is 53.5 Å². The van der Waals surface area contributed by atoms with Crippen LogP contribution in [-0.2, 0) is 4.79 Å². The van der Waals surface area contributed by atoms with Gasteiger partial charge in [0.15, 0.2) is 0 Å². The van der Waals surface area contributed by atoms with Crippen LogP contribution < -0.4 is 11.1 Å². The highest BCUT2D eigenvalue weighted by atomic mass is 19.1. The molecule has 1 aliphatic carbocycles. The molecule has 0 aromatic heterocycles. The molecule has 2 aliphatic rings. The summed E-state index contributed by atoms with van der Waals surface area (Å²) in [5.41, 5.74) is 7.32. The van der Waals surface area contributed by atoms with Crippen molar-refractivity contribution in [2.24, 2.45) is 22.6 Å². The average molecular weight is 456 g/mol. The lowest BCUT2D eigenvalue weighted by Crippen LogP contribution is -2.40. The number of nitrogens with two attached hydrogens (primary N) is 1. The van der Waals surface area contributed by atoms with Crippen LogP contribution in [0.5, 0.6) is 0 Å². The van der Waals surface area contributed by atoms with Gasteiger partial charge in [-0.1, -0.05) is 45.9 Å². The first-order valence-electron chi connectivity index (χ1n) is 11.9. The minimum Gasteiger partial charge on any atom is -0.338 e. The molecule has 0 bridgehead atoms. The summed E-state index contributed by atoms with van der Waals surface area (Å²) >= 11 is 0. The predicted octanol–water partition coefficient (Wildman–Crippen LogP) is 4.37. The summed E-state index contributed by atoms with van der Waals surface area (Å²) in [4.78, 5) is 22.4. The number of nitrogens with zero attached hydrogens (tertiary/aromatic N) is 3. The van der Waals surface area contributed by atoms with E-state index in [0.717, 1.165) is 25.2 Å². The summed E-state index contributed by atoms with van der Waals surface area (Å²) in [7, 11) is 0. The first kappa shape index (κ1) is 25.0. The predicted molar refractivity (Wildman–Crippen MR) is 133 cm³/mol. The van der Waals surface area contributed by atoms with Crippen LogP contribution in [0, 0.1) is 17.7 Å². The molecule has 0 fully saturated rings. The zero-order valence-corrected chi connectivity index (χ0v) is 20.6. The molecule has 0 saturated heterocycles. The largest absolute Gasteiger partial charge is 0.338 e. The molecule has 7 heteroatoms. The number of carbonyl (C=O) groups is 1. The van der Waals surface area contributed by atoms with Crippen LogP contribution in [0.2, 0.25) is 0 Å². The van der Waals surface area contributed by atoms with E-state index < -0.39 is 5.54 Å². The van der Waals surface area contributed by atoms with E-state index in [2.05, 4.69) is 44.8 Å². The van der Waals surface area contributed by atoms with E-state index in [-0.39, 0.29) is 11.7 Å². The van der Waals surface area contributed by atoms with Gasteiger partial charge in [-0.15, -0.1) is 0 Å². The van der Waals surface area contributed by atoms with Crippen molar-refractivity contribution in [3.63, 3.8) is 0 Å².